The van der Waals surface area contributed by atoms with E-state index >= 15 is 0 Å². The summed E-state index contributed by atoms with van der Waals surface area (Å²) in [5, 5.41) is 0. The maximum absolute atomic E-state index is 6.27. The van der Waals surface area contributed by atoms with Gasteiger partial charge in [0, 0.05) is 12.1 Å². The molecular weight excluding hydrogens is 262 g/mol. The van der Waals surface area contributed by atoms with E-state index < -0.39 is 0 Å². The molecule has 1 saturated carbocycles. The lowest BCUT2D eigenvalue weighted by Crippen LogP contribution is -2.46. The first-order valence-electron chi connectivity index (χ1n) is 8.05. The molecule has 118 valence electrons. The van der Waals surface area contributed by atoms with E-state index in [1.807, 2.05) is 31.2 Å². The summed E-state index contributed by atoms with van der Waals surface area (Å²) in [6.07, 6.45) is 3.37. The molecule has 0 aromatic heterocycles. The molecule has 1 aliphatic carbocycles. The van der Waals surface area contributed by atoms with Gasteiger partial charge in [-0.05, 0) is 49.7 Å². The summed E-state index contributed by atoms with van der Waals surface area (Å²) >= 11 is 0. The van der Waals surface area contributed by atoms with Crippen molar-refractivity contribution >= 4 is 0 Å². The molecule has 0 bridgehead atoms. The van der Waals surface area contributed by atoms with Crippen LogP contribution < -0.4 is 15.2 Å². The van der Waals surface area contributed by atoms with Crippen molar-refractivity contribution in [3.8, 4) is 11.5 Å². The Morgan fingerprint density at radius 2 is 1.90 bits per heavy atom. The predicted octanol–water partition coefficient (Wildman–Crippen LogP) is 4.01. The van der Waals surface area contributed by atoms with Crippen LogP contribution in [0.3, 0.4) is 0 Å². The first-order valence-corrected chi connectivity index (χ1v) is 8.05. The van der Waals surface area contributed by atoms with Crippen LogP contribution in [0.5, 0.6) is 11.5 Å². The number of nitrogens with two attached hydrogens (primary N) is 1. The highest BCUT2D eigenvalue weighted by Crippen LogP contribution is 2.38. The fraction of sp³-hybridized carbons (Fsp3) is 0.667. The van der Waals surface area contributed by atoms with Crippen LogP contribution in [-0.2, 0) is 0 Å². The van der Waals surface area contributed by atoms with Crippen molar-refractivity contribution in [2.75, 3.05) is 6.61 Å². The molecule has 0 saturated heterocycles. The second kappa shape index (κ2) is 6.69. The highest BCUT2D eigenvalue weighted by molar-refractivity contribution is 5.33. The van der Waals surface area contributed by atoms with Gasteiger partial charge >= 0.3 is 0 Å². The molecule has 0 heterocycles. The van der Waals surface area contributed by atoms with Crippen molar-refractivity contribution in [2.24, 2.45) is 17.1 Å². The normalized spacial score (nSPS) is 26.4. The fourth-order valence-electron chi connectivity index (χ4n) is 3.05. The summed E-state index contributed by atoms with van der Waals surface area (Å²) in [5.74, 6) is 2.38. The summed E-state index contributed by atoms with van der Waals surface area (Å²) in [5.41, 5.74) is 6.59. The Hall–Kier alpha value is -1.22. The Kier molecular flexibility index (Phi) is 5.15. The van der Waals surface area contributed by atoms with Gasteiger partial charge in [-0.3, -0.25) is 0 Å². The van der Waals surface area contributed by atoms with Gasteiger partial charge in [-0.25, -0.2) is 0 Å². The number of hydrogen-bond acceptors (Lipinski definition) is 3. The van der Waals surface area contributed by atoms with Gasteiger partial charge in [0.2, 0.25) is 0 Å². The topological polar surface area (TPSA) is 44.5 Å². The molecule has 2 rings (SSSR count). The number of rotatable bonds is 4. The van der Waals surface area contributed by atoms with E-state index in [1.165, 1.54) is 6.42 Å². The quantitative estimate of drug-likeness (QED) is 0.911. The Morgan fingerprint density at radius 3 is 2.57 bits per heavy atom. The van der Waals surface area contributed by atoms with Gasteiger partial charge in [0.1, 0.15) is 17.6 Å². The van der Waals surface area contributed by atoms with Crippen molar-refractivity contribution in [1.29, 1.82) is 0 Å². The van der Waals surface area contributed by atoms with E-state index in [2.05, 4.69) is 20.8 Å². The van der Waals surface area contributed by atoms with Crippen molar-refractivity contribution in [3.63, 3.8) is 0 Å². The van der Waals surface area contributed by atoms with Gasteiger partial charge in [-0.1, -0.05) is 26.8 Å². The summed E-state index contributed by atoms with van der Waals surface area (Å²) in [6.45, 7) is 9.57. The molecule has 0 spiro atoms. The summed E-state index contributed by atoms with van der Waals surface area (Å²) < 4.78 is 11.7. The second-order valence-corrected chi connectivity index (χ2v) is 7.10. The van der Waals surface area contributed by atoms with E-state index in [-0.39, 0.29) is 12.1 Å². The number of hydrogen-bond donors (Lipinski definition) is 1. The van der Waals surface area contributed by atoms with Crippen LogP contribution in [0.1, 0.15) is 47.0 Å². The average Bonchev–Trinajstić information content (AvgIpc) is 2.41. The molecule has 1 aliphatic rings. The third-order valence-corrected chi connectivity index (χ3v) is 4.47. The van der Waals surface area contributed by atoms with Gasteiger partial charge < -0.3 is 15.2 Å². The van der Waals surface area contributed by atoms with E-state index in [0.29, 0.717) is 17.9 Å². The zero-order valence-electron chi connectivity index (χ0n) is 13.8. The highest BCUT2D eigenvalue weighted by Gasteiger charge is 2.35. The zero-order chi connectivity index (χ0) is 15.5. The average molecular weight is 291 g/mol. The van der Waals surface area contributed by atoms with Crippen LogP contribution in [0.4, 0.5) is 0 Å². The van der Waals surface area contributed by atoms with E-state index in [0.717, 1.165) is 24.3 Å². The molecule has 0 radical (unpaired) electrons. The molecule has 1 aromatic rings. The summed E-state index contributed by atoms with van der Waals surface area (Å²) in [6, 6.07) is 7.98. The molecular formula is C18H29NO2. The monoisotopic (exact) mass is 291 g/mol. The fourth-order valence-corrected chi connectivity index (χ4v) is 3.05. The standard InChI is InChI=1S/C18H29NO2/c1-5-20-14-7-6-8-15(12-14)21-17-11-13(18(2,3)4)9-10-16(17)19/h6-8,12-13,16-17H,5,9-11,19H2,1-4H3. The minimum absolute atomic E-state index is 0.0971. The van der Waals surface area contributed by atoms with Crippen LogP contribution in [0.15, 0.2) is 24.3 Å². The third-order valence-electron chi connectivity index (χ3n) is 4.47. The van der Waals surface area contributed by atoms with Crippen molar-refractivity contribution in [3.05, 3.63) is 24.3 Å². The van der Waals surface area contributed by atoms with Crippen molar-refractivity contribution in [1.82, 2.24) is 0 Å². The number of benzene rings is 1. The SMILES string of the molecule is CCOc1cccc(OC2CC(C(C)(C)C)CCC2N)c1. The lowest BCUT2D eigenvalue weighted by atomic mass is 9.70. The molecule has 2 N–H and O–H groups in total. The molecule has 0 aliphatic heterocycles. The largest absolute Gasteiger partial charge is 0.494 e. The van der Waals surface area contributed by atoms with E-state index in [9.17, 15) is 0 Å². The third kappa shape index (κ3) is 4.37. The predicted molar refractivity (Wildman–Crippen MR) is 86.8 cm³/mol. The van der Waals surface area contributed by atoms with Crippen LogP contribution in [0.25, 0.3) is 0 Å². The molecule has 3 heteroatoms. The summed E-state index contributed by atoms with van der Waals surface area (Å²) in [7, 11) is 0. The van der Waals surface area contributed by atoms with Crippen LogP contribution >= 0.6 is 0 Å². The minimum Gasteiger partial charge on any atom is -0.494 e. The van der Waals surface area contributed by atoms with E-state index in [1.54, 1.807) is 0 Å². The summed E-state index contributed by atoms with van der Waals surface area (Å²) in [4.78, 5) is 0. The van der Waals surface area contributed by atoms with Gasteiger partial charge in [0.05, 0.1) is 6.61 Å². The van der Waals surface area contributed by atoms with Gasteiger partial charge in [0.15, 0.2) is 0 Å². The molecule has 1 fully saturated rings. The Balaban J connectivity index is 2.04. The maximum Gasteiger partial charge on any atom is 0.123 e. The molecule has 3 nitrogen and oxygen atoms in total. The Bertz CT molecular complexity index is 453. The Labute approximate surface area is 128 Å². The molecule has 21 heavy (non-hydrogen) atoms. The maximum atomic E-state index is 6.27. The minimum atomic E-state index is 0.0971. The van der Waals surface area contributed by atoms with Crippen LogP contribution in [-0.4, -0.2) is 18.8 Å². The van der Waals surface area contributed by atoms with Crippen LogP contribution in [0.2, 0.25) is 0 Å². The van der Waals surface area contributed by atoms with E-state index in [4.69, 9.17) is 15.2 Å². The first-order chi connectivity index (χ1) is 9.90. The van der Waals surface area contributed by atoms with Gasteiger partial charge in [-0.2, -0.15) is 0 Å². The first kappa shape index (κ1) is 16.2. The smallest absolute Gasteiger partial charge is 0.123 e. The zero-order valence-corrected chi connectivity index (χ0v) is 13.8. The molecule has 1 aromatic carbocycles. The molecule has 3 unspecified atom stereocenters. The van der Waals surface area contributed by atoms with Crippen LogP contribution in [0, 0.1) is 11.3 Å². The van der Waals surface area contributed by atoms with Gasteiger partial charge in [0.25, 0.3) is 0 Å². The Morgan fingerprint density at radius 1 is 1.19 bits per heavy atom. The van der Waals surface area contributed by atoms with Crippen molar-refractivity contribution in [2.45, 2.75) is 59.1 Å². The molecule has 0 amide bonds. The van der Waals surface area contributed by atoms with Gasteiger partial charge in [-0.15, -0.1) is 0 Å². The second-order valence-electron chi connectivity index (χ2n) is 7.10. The molecule has 3 atom stereocenters. The van der Waals surface area contributed by atoms with Crippen molar-refractivity contribution < 1.29 is 9.47 Å². The lowest BCUT2D eigenvalue weighted by Gasteiger charge is -2.40. The lowest BCUT2D eigenvalue weighted by molar-refractivity contribution is 0.0590. The number of ether oxygens (including phenoxy) is 2. The highest BCUT2D eigenvalue weighted by atomic mass is 16.5.